The molecular formula is C10H19O3. The minimum absolute atomic E-state index is 0.174. The molecular weight excluding hydrogens is 168 g/mol. The van der Waals surface area contributed by atoms with E-state index in [1.165, 1.54) is 0 Å². The zero-order valence-electron chi connectivity index (χ0n) is 8.87. The standard InChI is InChI=1S/C10H19O3/c1-5-9(4)13-10(11)12-7-6-8(2)3/h5,8-9H,6-7H2,1-4H3. The van der Waals surface area contributed by atoms with Gasteiger partial charge in [0.2, 0.25) is 0 Å². The van der Waals surface area contributed by atoms with Crippen LogP contribution in [0.2, 0.25) is 0 Å². The molecule has 0 aromatic heterocycles. The van der Waals surface area contributed by atoms with Crippen molar-refractivity contribution >= 4 is 6.16 Å². The van der Waals surface area contributed by atoms with Gasteiger partial charge in [-0.1, -0.05) is 20.8 Å². The summed E-state index contributed by atoms with van der Waals surface area (Å²) in [4.78, 5) is 10.9. The van der Waals surface area contributed by atoms with Crippen molar-refractivity contribution in [2.75, 3.05) is 6.61 Å². The summed E-state index contributed by atoms with van der Waals surface area (Å²) in [6.07, 6.45) is 1.92. The number of hydrogen-bond donors (Lipinski definition) is 0. The van der Waals surface area contributed by atoms with Crippen LogP contribution in [0.15, 0.2) is 0 Å². The summed E-state index contributed by atoms with van der Waals surface area (Å²) >= 11 is 0. The molecule has 0 fully saturated rings. The number of carbonyl (C=O) groups is 1. The highest BCUT2D eigenvalue weighted by Crippen LogP contribution is 2.02. The maximum Gasteiger partial charge on any atom is 0.508 e. The van der Waals surface area contributed by atoms with Crippen molar-refractivity contribution in [1.29, 1.82) is 0 Å². The smallest absolute Gasteiger partial charge is 0.434 e. The number of rotatable bonds is 5. The Labute approximate surface area is 80.4 Å². The van der Waals surface area contributed by atoms with Crippen LogP contribution in [0.4, 0.5) is 4.79 Å². The lowest BCUT2D eigenvalue weighted by Gasteiger charge is -2.11. The fourth-order valence-corrected chi connectivity index (χ4v) is 0.632. The third-order valence-electron chi connectivity index (χ3n) is 1.67. The average Bonchev–Trinajstić information content (AvgIpc) is 2.03. The van der Waals surface area contributed by atoms with E-state index in [9.17, 15) is 4.79 Å². The normalized spacial score (nSPS) is 12.7. The van der Waals surface area contributed by atoms with Crippen LogP contribution in [-0.2, 0) is 9.47 Å². The maximum atomic E-state index is 10.9. The highest BCUT2D eigenvalue weighted by atomic mass is 16.7. The van der Waals surface area contributed by atoms with Gasteiger partial charge in [-0.25, -0.2) is 4.79 Å². The second-order valence-corrected chi connectivity index (χ2v) is 3.44. The SMILES string of the molecule is C[CH]C(C)OC(=O)OCCC(C)C. The van der Waals surface area contributed by atoms with Gasteiger partial charge >= 0.3 is 6.16 Å². The molecule has 0 saturated heterocycles. The Morgan fingerprint density at radius 2 is 2.00 bits per heavy atom. The van der Waals surface area contributed by atoms with Gasteiger partial charge < -0.3 is 9.47 Å². The molecule has 3 heteroatoms. The first-order chi connectivity index (χ1) is 6.06. The van der Waals surface area contributed by atoms with E-state index in [4.69, 9.17) is 9.47 Å². The van der Waals surface area contributed by atoms with Crippen LogP contribution in [-0.4, -0.2) is 18.9 Å². The topological polar surface area (TPSA) is 35.5 Å². The minimum atomic E-state index is -0.578. The van der Waals surface area contributed by atoms with Gasteiger partial charge in [0.1, 0.15) is 6.10 Å². The van der Waals surface area contributed by atoms with Crippen LogP contribution < -0.4 is 0 Å². The molecule has 0 rings (SSSR count). The monoisotopic (exact) mass is 187 g/mol. The molecule has 1 unspecified atom stereocenters. The Morgan fingerprint density at radius 1 is 1.38 bits per heavy atom. The van der Waals surface area contributed by atoms with Gasteiger partial charge in [-0.3, -0.25) is 0 Å². The van der Waals surface area contributed by atoms with E-state index in [1.807, 2.05) is 6.92 Å². The fourth-order valence-electron chi connectivity index (χ4n) is 0.632. The van der Waals surface area contributed by atoms with E-state index >= 15 is 0 Å². The summed E-state index contributed by atoms with van der Waals surface area (Å²) in [6, 6.07) is 0. The van der Waals surface area contributed by atoms with Crippen LogP contribution in [0.5, 0.6) is 0 Å². The molecule has 0 aromatic rings. The molecule has 1 radical (unpaired) electrons. The summed E-state index contributed by atoms with van der Waals surface area (Å²) in [5.74, 6) is 0.544. The van der Waals surface area contributed by atoms with Crippen molar-refractivity contribution < 1.29 is 14.3 Å². The van der Waals surface area contributed by atoms with Crippen LogP contribution in [0, 0.1) is 12.3 Å². The van der Waals surface area contributed by atoms with E-state index < -0.39 is 6.16 Å². The minimum Gasteiger partial charge on any atom is -0.434 e. The highest BCUT2D eigenvalue weighted by Gasteiger charge is 2.08. The predicted molar refractivity (Wildman–Crippen MR) is 51.3 cm³/mol. The number of hydrogen-bond acceptors (Lipinski definition) is 3. The maximum absolute atomic E-state index is 10.9. The van der Waals surface area contributed by atoms with Gasteiger partial charge in [0.25, 0.3) is 0 Å². The van der Waals surface area contributed by atoms with Gasteiger partial charge in [-0.2, -0.15) is 0 Å². The van der Waals surface area contributed by atoms with Gasteiger partial charge in [-0.15, -0.1) is 0 Å². The lowest BCUT2D eigenvalue weighted by molar-refractivity contribution is 0.0357. The van der Waals surface area contributed by atoms with E-state index in [0.717, 1.165) is 6.42 Å². The van der Waals surface area contributed by atoms with Crippen molar-refractivity contribution in [2.45, 2.75) is 40.2 Å². The Kier molecular flexibility index (Phi) is 6.37. The molecule has 0 aliphatic carbocycles. The van der Waals surface area contributed by atoms with Crippen molar-refractivity contribution in [1.82, 2.24) is 0 Å². The predicted octanol–water partition coefficient (Wildman–Crippen LogP) is 2.80. The second-order valence-electron chi connectivity index (χ2n) is 3.44. The lowest BCUT2D eigenvalue weighted by atomic mass is 10.1. The van der Waals surface area contributed by atoms with Gasteiger partial charge in [0.05, 0.1) is 6.61 Å². The van der Waals surface area contributed by atoms with E-state index in [2.05, 4.69) is 13.8 Å². The van der Waals surface area contributed by atoms with E-state index in [0.29, 0.717) is 12.5 Å². The molecule has 3 nitrogen and oxygen atoms in total. The zero-order valence-corrected chi connectivity index (χ0v) is 8.87. The average molecular weight is 187 g/mol. The summed E-state index contributed by atoms with van der Waals surface area (Å²) in [5.41, 5.74) is 0. The summed E-state index contributed by atoms with van der Waals surface area (Å²) in [5, 5.41) is 0. The molecule has 77 valence electrons. The Bertz CT molecular complexity index is 143. The third-order valence-corrected chi connectivity index (χ3v) is 1.67. The first kappa shape index (κ1) is 12.3. The Morgan fingerprint density at radius 3 is 2.46 bits per heavy atom. The van der Waals surface area contributed by atoms with E-state index in [-0.39, 0.29) is 6.10 Å². The Balaban J connectivity index is 3.41. The van der Waals surface area contributed by atoms with Crippen molar-refractivity contribution in [2.24, 2.45) is 5.92 Å². The summed E-state index contributed by atoms with van der Waals surface area (Å²) in [7, 11) is 0. The lowest BCUT2D eigenvalue weighted by Crippen LogP contribution is -2.16. The molecule has 0 heterocycles. The van der Waals surface area contributed by atoms with Crippen LogP contribution in [0.1, 0.15) is 34.1 Å². The van der Waals surface area contributed by atoms with Crippen molar-refractivity contribution in [3.8, 4) is 0 Å². The zero-order chi connectivity index (χ0) is 10.3. The first-order valence-electron chi connectivity index (χ1n) is 4.69. The Hall–Kier alpha value is -0.730. The highest BCUT2D eigenvalue weighted by molar-refractivity contribution is 5.60. The molecule has 0 spiro atoms. The molecule has 0 aliphatic rings. The molecule has 0 N–H and O–H groups in total. The van der Waals surface area contributed by atoms with Gasteiger partial charge in [-0.05, 0) is 25.7 Å². The van der Waals surface area contributed by atoms with Gasteiger partial charge in [0, 0.05) is 0 Å². The quantitative estimate of drug-likeness (QED) is 0.621. The molecule has 0 bridgehead atoms. The van der Waals surface area contributed by atoms with Crippen LogP contribution >= 0.6 is 0 Å². The second kappa shape index (κ2) is 6.75. The summed E-state index contributed by atoms with van der Waals surface area (Å²) < 4.78 is 9.71. The fraction of sp³-hybridized carbons (Fsp3) is 0.800. The van der Waals surface area contributed by atoms with Gasteiger partial charge in [0.15, 0.2) is 0 Å². The molecule has 0 amide bonds. The molecule has 13 heavy (non-hydrogen) atoms. The number of carbonyl (C=O) groups excluding carboxylic acids is 1. The van der Waals surface area contributed by atoms with Crippen LogP contribution in [0.3, 0.4) is 0 Å². The van der Waals surface area contributed by atoms with Crippen molar-refractivity contribution in [3.63, 3.8) is 0 Å². The first-order valence-corrected chi connectivity index (χ1v) is 4.69. The molecule has 0 saturated carbocycles. The molecule has 1 atom stereocenters. The van der Waals surface area contributed by atoms with Crippen LogP contribution in [0.25, 0.3) is 0 Å². The van der Waals surface area contributed by atoms with E-state index in [1.54, 1.807) is 13.3 Å². The largest absolute Gasteiger partial charge is 0.508 e. The summed E-state index contributed by atoms with van der Waals surface area (Å²) in [6.45, 7) is 8.23. The van der Waals surface area contributed by atoms with Crippen molar-refractivity contribution in [3.05, 3.63) is 6.42 Å². The molecule has 0 aromatic carbocycles. The third kappa shape index (κ3) is 7.62. The molecule has 0 aliphatic heterocycles. The number of ether oxygens (including phenoxy) is 2.